The molecule has 3 aromatic carbocycles. The molecule has 1 heterocycles. The quantitative estimate of drug-likeness (QED) is 0.312. The number of hydrogen-bond donors (Lipinski definition) is 2. The summed E-state index contributed by atoms with van der Waals surface area (Å²) in [6.07, 6.45) is 0. The highest BCUT2D eigenvalue weighted by Crippen LogP contribution is 2.27. The minimum atomic E-state index is -0.355. The van der Waals surface area contributed by atoms with E-state index in [0.29, 0.717) is 11.7 Å². The molecule has 4 aromatic rings. The van der Waals surface area contributed by atoms with Crippen LogP contribution < -0.4 is 10.6 Å². The number of carbonyl (C=O) groups is 1. The summed E-state index contributed by atoms with van der Waals surface area (Å²) in [6, 6.07) is 24.2. The zero-order valence-electron chi connectivity index (χ0n) is 19.9. The van der Waals surface area contributed by atoms with Crippen molar-refractivity contribution in [3.8, 4) is 5.69 Å². The summed E-state index contributed by atoms with van der Waals surface area (Å²) in [5, 5.41) is 15.6. The van der Waals surface area contributed by atoms with Gasteiger partial charge in [0.25, 0.3) is 0 Å². The molecule has 0 fully saturated rings. The third kappa shape index (κ3) is 5.66. The van der Waals surface area contributed by atoms with E-state index in [2.05, 4.69) is 46.8 Å². The number of carbonyl (C=O) groups excluding carboxylic acids is 1. The molecule has 0 unspecified atom stereocenters. The van der Waals surface area contributed by atoms with Gasteiger partial charge in [-0.1, -0.05) is 53.7 Å². The molecule has 0 spiro atoms. The molecule has 174 valence electrons. The van der Waals surface area contributed by atoms with Gasteiger partial charge < -0.3 is 10.6 Å². The lowest BCUT2D eigenvalue weighted by Crippen LogP contribution is -2.23. The van der Waals surface area contributed by atoms with Gasteiger partial charge in [0.1, 0.15) is 0 Å². The Morgan fingerprint density at radius 3 is 2.32 bits per heavy atom. The van der Waals surface area contributed by atoms with Crippen LogP contribution in [-0.2, 0) is 11.3 Å². The van der Waals surface area contributed by atoms with Crippen molar-refractivity contribution in [2.24, 2.45) is 0 Å². The van der Waals surface area contributed by atoms with Crippen LogP contribution in [0.5, 0.6) is 0 Å². The Labute approximate surface area is 204 Å². The van der Waals surface area contributed by atoms with E-state index in [1.807, 2.05) is 79.1 Å². The van der Waals surface area contributed by atoms with Crippen molar-refractivity contribution in [3.63, 3.8) is 0 Å². The monoisotopic (exact) mass is 471 g/mol. The highest BCUT2D eigenvalue weighted by Gasteiger charge is 2.21. The number of rotatable bonds is 8. The first-order valence-electron chi connectivity index (χ1n) is 11.3. The van der Waals surface area contributed by atoms with E-state index in [1.165, 1.54) is 22.9 Å². The summed E-state index contributed by atoms with van der Waals surface area (Å²) in [5.41, 5.74) is 6.33. The van der Waals surface area contributed by atoms with Crippen LogP contribution in [0.3, 0.4) is 0 Å². The average molecular weight is 472 g/mol. The highest BCUT2D eigenvalue weighted by molar-refractivity contribution is 8.00. The Hall–Kier alpha value is -3.58. The zero-order valence-corrected chi connectivity index (χ0v) is 20.7. The first kappa shape index (κ1) is 23.6. The summed E-state index contributed by atoms with van der Waals surface area (Å²) >= 11 is 1.39. The molecule has 2 N–H and O–H groups in total. The van der Waals surface area contributed by atoms with Gasteiger partial charge in [0.15, 0.2) is 11.0 Å². The third-order valence-electron chi connectivity index (χ3n) is 5.64. The number of aryl methyl sites for hydroxylation is 3. The fraction of sp³-hybridized carbons (Fsp3) is 0.222. The van der Waals surface area contributed by atoms with Gasteiger partial charge in [0, 0.05) is 17.1 Å². The molecule has 1 amide bonds. The van der Waals surface area contributed by atoms with Gasteiger partial charge in [0.05, 0.1) is 11.8 Å². The lowest BCUT2D eigenvalue weighted by molar-refractivity contribution is -0.115. The predicted molar refractivity (Wildman–Crippen MR) is 140 cm³/mol. The Balaban J connectivity index is 1.52. The summed E-state index contributed by atoms with van der Waals surface area (Å²) < 4.78 is 2.01. The van der Waals surface area contributed by atoms with Crippen LogP contribution in [-0.4, -0.2) is 25.9 Å². The van der Waals surface area contributed by atoms with E-state index >= 15 is 0 Å². The molecule has 0 bridgehead atoms. The van der Waals surface area contributed by atoms with Crippen LogP contribution in [0.15, 0.2) is 78.0 Å². The Kier molecular flexibility index (Phi) is 7.33. The number of amides is 1. The molecule has 4 rings (SSSR count). The fourth-order valence-electron chi connectivity index (χ4n) is 3.45. The molecule has 0 aliphatic heterocycles. The molecule has 7 heteroatoms. The number of anilines is 2. The third-order valence-corrected chi connectivity index (χ3v) is 6.69. The van der Waals surface area contributed by atoms with Crippen molar-refractivity contribution in [2.75, 3.05) is 10.6 Å². The molecule has 1 aromatic heterocycles. The van der Waals surface area contributed by atoms with E-state index in [1.54, 1.807) is 0 Å². The second kappa shape index (κ2) is 10.6. The molecule has 1 atom stereocenters. The predicted octanol–water partition coefficient (Wildman–Crippen LogP) is 5.92. The maximum atomic E-state index is 12.9. The molecule has 0 radical (unpaired) electrons. The molecule has 34 heavy (non-hydrogen) atoms. The van der Waals surface area contributed by atoms with Crippen LogP contribution in [0, 0.1) is 20.8 Å². The van der Waals surface area contributed by atoms with E-state index in [4.69, 9.17) is 0 Å². The van der Waals surface area contributed by atoms with E-state index in [0.717, 1.165) is 28.5 Å². The van der Waals surface area contributed by atoms with Crippen molar-refractivity contribution < 1.29 is 4.79 Å². The van der Waals surface area contributed by atoms with Crippen molar-refractivity contribution in [2.45, 2.75) is 44.6 Å². The van der Waals surface area contributed by atoms with Crippen LogP contribution in [0.2, 0.25) is 0 Å². The number of benzene rings is 3. The van der Waals surface area contributed by atoms with Crippen molar-refractivity contribution in [1.82, 2.24) is 14.8 Å². The van der Waals surface area contributed by atoms with Crippen molar-refractivity contribution >= 4 is 29.0 Å². The van der Waals surface area contributed by atoms with Crippen molar-refractivity contribution in [3.05, 3.63) is 95.3 Å². The minimum Gasteiger partial charge on any atom is -0.378 e. The van der Waals surface area contributed by atoms with Crippen LogP contribution >= 0.6 is 11.8 Å². The van der Waals surface area contributed by atoms with E-state index in [-0.39, 0.29) is 11.2 Å². The van der Waals surface area contributed by atoms with Gasteiger partial charge in [-0.2, -0.15) is 0 Å². The smallest absolute Gasteiger partial charge is 0.237 e. The lowest BCUT2D eigenvalue weighted by atomic mass is 10.1. The van der Waals surface area contributed by atoms with Gasteiger partial charge in [-0.25, -0.2) is 0 Å². The highest BCUT2D eigenvalue weighted by atomic mass is 32.2. The number of hydrogen-bond acceptors (Lipinski definition) is 5. The standard InChI is InChI=1S/C27H29N5OS/c1-18-10-13-22(14-11-18)28-17-25-30-31-27(32(25)24-8-6-5-7-9-24)34-21(4)26(33)29-23-15-12-19(2)20(3)16-23/h5-16,21,28H,17H2,1-4H3,(H,29,33)/t21-/m0/s1. The van der Waals surface area contributed by atoms with Gasteiger partial charge in [-0.15, -0.1) is 10.2 Å². The number of aromatic nitrogens is 3. The Morgan fingerprint density at radius 1 is 0.912 bits per heavy atom. The fourth-order valence-corrected chi connectivity index (χ4v) is 4.34. The van der Waals surface area contributed by atoms with Gasteiger partial charge in [0.2, 0.25) is 5.91 Å². The first-order valence-corrected chi connectivity index (χ1v) is 12.1. The number of nitrogens with zero attached hydrogens (tertiary/aromatic N) is 3. The van der Waals surface area contributed by atoms with Gasteiger partial charge in [-0.3, -0.25) is 9.36 Å². The van der Waals surface area contributed by atoms with Crippen LogP contribution in [0.25, 0.3) is 5.69 Å². The van der Waals surface area contributed by atoms with E-state index < -0.39 is 0 Å². The Bertz CT molecular complexity index is 1270. The largest absolute Gasteiger partial charge is 0.378 e. The first-order chi connectivity index (χ1) is 16.4. The second-order valence-corrected chi connectivity index (χ2v) is 9.65. The molecule has 0 aliphatic rings. The Morgan fingerprint density at radius 2 is 1.62 bits per heavy atom. The maximum Gasteiger partial charge on any atom is 0.237 e. The molecule has 0 saturated heterocycles. The summed E-state index contributed by atoms with van der Waals surface area (Å²) in [4.78, 5) is 12.9. The summed E-state index contributed by atoms with van der Waals surface area (Å²) in [6.45, 7) is 8.55. The molecular weight excluding hydrogens is 442 g/mol. The van der Waals surface area contributed by atoms with Gasteiger partial charge >= 0.3 is 0 Å². The van der Waals surface area contributed by atoms with Crippen molar-refractivity contribution in [1.29, 1.82) is 0 Å². The minimum absolute atomic E-state index is 0.0739. The topological polar surface area (TPSA) is 71.8 Å². The average Bonchev–Trinajstić information content (AvgIpc) is 3.23. The second-order valence-electron chi connectivity index (χ2n) is 8.34. The number of thioether (sulfide) groups is 1. The molecule has 6 nitrogen and oxygen atoms in total. The lowest BCUT2D eigenvalue weighted by Gasteiger charge is -2.15. The number of para-hydroxylation sites is 1. The SMILES string of the molecule is Cc1ccc(NCc2nnc(S[C@@H](C)C(=O)Nc3ccc(C)c(C)c3)n2-c2ccccc2)cc1. The molecular formula is C27H29N5OS. The molecule has 0 saturated carbocycles. The van der Waals surface area contributed by atoms with Gasteiger partial charge in [-0.05, 0) is 75.2 Å². The zero-order chi connectivity index (χ0) is 24.1. The summed E-state index contributed by atoms with van der Waals surface area (Å²) in [7, 11) is 0. The molecule has 0 aliphatic carbocycles. The van der Waals surface area contributed by atoms with E-state index in [9.17, 15) is 4.79 Å². The normalized spacial score (nSPS) is 11.8. The summed E-state index contributed by atoms with van der Waals surface area (Å²) in [5.74, 6) is 0.700. The maximum absolute atomic E-state index is 12.9. The number of nitrogens with one attached hydrogen (secondary N) is 2. The van der Waals surface area contributed by atoms with Crippen LogP contribution in [0.4, 0.5) is 11.4 Å². The van der Waals surface area contributed by atoms with Crippen LogP contribution in [0.1, 0.15) is 29.4 Å².